The van der Waals surface area contributed by atoms with E-state index in [4.69, 9.17) is 0 Å². The average Bonchev–Trinajstić information content (AvgIpc) is 2.76. The zero-order chi connectivity index (χ0) is 18.9. The maximum Gasteiger partial charge on any atom is 0.416 e. The molecule has 2 aromatic rings. The van der Waals surface area contributed by atoms with Gasteiger partial charge in [0.25, 0.3) is 0 Å². The Bertz CT molecular complexity index is 834. The molecule has 0 fully saturated rings. The van der Waals surface area contributed by atoms with E-state index >= 15 is 0 Å². The SMILES string of the molecule is CC(=O)Nc1cc2c(cc1O)CCNCC2c1cccc(C(F)(F)F)c1. The highest BCUT2D eigenvalue weighted by atomic mass is 19.4. The standard InChI is InChI=1S/C19H19F3N2O2/c1-11(25)24-17-9-15-13(8-18(17)26)5-6-23-10-16(15)12-3-2-4-14(7-12)19(20,21)22/h2-4,7-9,16,23,26H,5-6,10H2,1H3,(H,24,25). The van der Waals surface area contributed by atoms with Gasteiger partial charge in [-0.3, -0.25) is 4.79 Å². The van der Waals surface area contributed by atoms with Crippen LogP contribution in [-0.2, 0) is 17.4 Å². The molecule has 2 aromatic carbocycles. The van der Waals surface area contributed by atoms with Crippen molar-refractivity contribution in [2.24, 2.45) is 0 Å². The first-order valence-electron chi connectivity index (χ1n) is 8.27. The molecule has 0 saturated heterocycles. The molecule has 1 atom stereocenters. The zero-order valence-electron chi connectivity index (χ0n) is 14.2. The number of alkyl halides is 3. The van der Waals surface area contributed by atoms with Gasteiger partial charge in [-0.25, -0.2) is 0 Å². The zero-order valence-corrected chi connectivity index (χ0v) is 14.2. The average molecular weight is 364 g/mol. The summed E-state index contributed by atoms with van der Waals surface area (Å²) in [4.78, 5) is 11.3. The molecule has 4 nitrogen and oxygen atoms in total. The predicted octanol–water partition coefficient (Wildman–Crippen LogP) is 3.65. The number of aromatic hydroxyl groups is 1. The number of phenolic OH excluding ortho intramolecular Hbond substituents is 1. The van der Waals surface area contributed by atoms with Gasteiger partial charge >= 0.3 is 6.18 Å². The minimum Gasteiger partial charge on any atom is -0.506 e. The molecule has 7 heteroatoms. The third kappa shape index (κ3) is 3.83. The lowest BCUT2D eigenvalue weighted by molar-refractivity contribution is -0.137. The summed E-state index contributed by atoms with van der Waals surface area (Å²) in [6.45, 7) is 2.46. The van der Waals surface area contributed by atoms with Crippen molar-refractivity contribution in [1.29, 1.82) is 0 Å². The number of hydrogen-bond acceptors (Lipinski definition) is 3. The molecule has 0 aromatic heterocycles. The van der Waals surface area contributed by atoms with Crippen LogP contribution >= 0.6 is 0 Å². The van der Waals surface area contributed by atoms with E-state index in [2.05, 4.69) is 10.6 Å². The largest absolute Gasteiger partial charge is 0.506 e. The van der Waals surface area contributed by atoms with Gasteiger partial charge in [-0.2, -0.15) is 13.2 Å². The highest BCUT2D eigenvalue weighted by molar-refractivity contribution is 5.90. The molecule has 3 rings (SSSR count). The number of benzene rings is 2. The monoisotopic (exact) mass is 364 g/mol. The third-order valence-electron chi connectivity index (χ3n) is 4.48. The van der Waals surface area contributed by atoms with Gasteiger partial charge in [0.1, 0.15) is 5.75 Å². The van der Waals surface area contributed by atoms with Crippen molar-refractivity contribution in [3.63, 3.8) is 0 Å². The van der Waals surface area contributed by atoms with Crippen molar-refractivity contribution in [2.45, 2.75) is 25.4 Å². The predicted molar refractivity (Wildman–Crippen MR) is 92.3 cm³/mol. The van der Waals surface area contributed by atoms with Gasteiger partial charge in [0.2, 0.25) is 5.91 Å². The van der Waals surface area contributed by atoms with E-state index in [-0.39, 0.29) is 23.3 Å². The number of carbonyl (C=O) groups is 1. The minimum atomic E-state index is -4.41. The summed E-state index contributed by atoms with van der Waals surface area (Å²) in [5.74, 6) is -0.700. The smallest absolute Gasteiger partial charge is 0.416 e. The van der Waals surface area contributed by atoms with Crippen LogP contribution in [0.15, 0.2) is 36.4 Å². The number of fused-ring (bicyclic) bond motifs is 1. The lowest BCUT2D eigenvalue weighted by atomic mass is 9.87. The molecular weight excluding hydrogens is 345 g/mol. The van der Waals surface area contributed by atoms with Crippen molar-refractivity contribution in [2.75, 3.05) is 18.4 Å². The quantitative estimate of drug-likeness (QED) is 0.713. The van der Waals surface area contributed by atoms with Crippen LogP contribution in [0.4, 0.5) is 18.9 Å². The Balaban J connectivity index is 2.09. The number of anilines is 1. The van der Waals surface area contributed by atoms with Gasteiger partial charge in [-0.1, -0.05) is 18.2 Å². The Labute approximate surface area is 149 Å². The van der Waals surface area contributed by atoms with Crippen LogP contribution in [0, 0.1) is 0 Å². The van der Waals surface area contributed by atoms with Crippen LogP contribution < -0.4 is 10.6 Å². The van der Waals surface area contributed by atoms with Crippen LogP contribution in [0.25, 0.3) is 0 Å². The fourth-order valence-electron chi connectivity index (χ4n) is 3.29. The summed E-state index contributed by atoms with van der Waals surface area (Å²) >= 11 is 0. The fourth-order valence-corrected chi connectivity index (χ4v) is 3.29. The lowest BCUT2D eigenvalue weighted by Crippen LogP contribution is -2.21. The molecule has 1 heterocycles. The van der Waals surface area contributed by atoms with E-state index in [0.717, 1.165) is 23.3 Å². The van der Waals surface area contributed by atoms with Crippen molar-refractivity contribution in [3.05, 3.63) is 58.7 Å². The van der Waals surface area contributed by atoms with E-state index < -0.39 is 11.7 Å². The summed E-state index contributed by atoms with van der Waals surface area (Å²) in [6, 6.07) is 8.51. The van der Waals surface area contributed by atoms with Gasteiger partial charge in [0.15, 0.2) is 0 Å². The third-order valence-corrected chi connectivity index (χ3v) is 4.48. The maximum absolute atomic E-state index is 13.1. The summed E-state index contributed by atoms with van der Waals surface area (Å²) in [5.41, 5.74) is 1.76. The summed E-state index contributed by atoms with van der Waals surface area (Å²) in [5, 5.41) is 15.9. The van der Waals surface area contributed by atoms with Crippen molar-refractivity contribution in [3.8, 4) is 5.75 Å². The van der Waals surface area contributed by atoms with E-state index in [1.54, 1.807) is 18.2 Å². The molecule has 3 N–H and O–H groups in total. The highest BCUT2D eigenvalue weighted by Gasteiger charge is 2.31. The second-order valence-corrected chi connectivity index (χ2v) is 6.38. The Hall–Kier alpha value is -2.54. The molecule has 1 aliphatic heterocycles. The summed E-state index contributed by atoms with van der Waals surface area (Å²) < 4.78 is 39.2. The molecule has 0 saturated carbocycles. The van der Waals surface area contributed by atoms with E-state index in [0.29, 0.717) is 25.1 Å². The molecule has 1 aliphatic rings. The Morgan fingerprint density at radius 2 is 2.04 bits per heavy atom. The molecule has 1 amide bonds. The minimum absolute atomic E-state index is 0.0522. The first-order chi connectivity index (χ1) is 12.3. The van der Waals surface area contributed by atoms with Crippen molar-refractivity contribution >= 4 is 11.6 Å². The molecule has 138 valence electrons. The Kier molecular flexibility index (Phi) is 4.91. The second kappa shape index (κ2) is 6.99. The molecule has 0 radical (unpaired) electrons. The highest BCUT2D eigenvalue weighted by Crippen LogP contribution is 2.37. The first kappa shape index (κ1) is 18.3. The van der Waals surface area contributed by atoms with Gasteiger partial charge < -0.3 is 15.7 Å². The normalized spacial score (nSPS) is 17.3. The van der Waals surface area contributed by atoms with Crippen LogP contribution in [0.3, 0.4) is 0 Å². The number of amides is 1. The summed E-state index contributed by atoms with van der Waals surface area (Å²) in [6.07, 6.45) is -3.77. The number of halogens is 3. The molecule has 0 bridgehead atoms. The molecule has 26 heavy (non-hydrogen) atoms. The Morgan fingerprint density at radius 3 is 2.73 bits per heavy atom. The van der Waals surface area contributed by atoms with E-state index in [9.17, 15) is 23.1 Å². The van der Waals surface area contributed by atoms with Gasteiger partial charge in [-0.05, 0) is 47.9 Å². The fraction of sp³-hybridized carbons (Fsp3) is 0.316. The van der Waals surface area contributed by atoms with Gasteiger partial charge in [0, 0.05) is 19.4 Å². The van der Waals surface area contributed by atoms with Crippen molar-refractivity contribution in [1.82, 2.24) is 5.32 Å². The number of phenols is 1. The van der Waals surface area contributed by atoms with Crippen LogP contribution in [0.5, 0.6) is 5.75 Å². The number of rotatable bonds is 2. The van der Waals surface area contributed by atoms with Crippen LogP contribution in [0.1, 0.15) is 35.1 Å². The Morgan fingerprint density at radius 1 is 1.27 bits per heavy atom. The molecule has 0 aliphatic carbocycles. The second-order valence-electron chi connectivity index (χ2n) is 6.38. The maximum atomic E-state index is 13.1. The number of carbonyl (C=O) groups excluding carboxylic acids is 1. The summed E-state index contributed by atoms with van der Waals surface area (Å²) in [7, 11) is 0. The number of hydrogen-bond donors (Lipinski definition) is 3. The molecule has 0 spiro atoms. The topological polar surface area (TPSA) is 61.4 Å². The van der Waals surface area contributed by atoms with Crippen LogP contribution in [-0.4, -0.2) is 24.1 Å². The molecule has 1 unspecified atom stereocenters. The first-order valence-corrected chi connectivity index (χ1v) is 8.27. The number of nitrogens with one attached hydrogen (secondary N) is 2. The van der Waals surface area contributed by atoms with Crippen molar-refractivity contribution < 1.29 is 23.1 Å². The lowest BCUT2D eigenvalue weighted by Gasteiger charge is -2.21. The van der Waals surface area contributed by atoms with Gasteiger partial charge in [-0.15, -0.1) is 0 Å². The van der Waals surface area contributed by atoms with Crippen LogP contribution in [0.2, 0.25) is 0 Å². The van der Waals surface area contributed by atoms with E-state index in [1.165, 1.54) is 13.0 Å². The van der Waals surface area contributed by atoms with Gasteiger partial charge in [0.05, 0.1) is 11.3 Å². The van der Waals surface area contributed by atoms with E-state index in [1.807, 2.05) is 0 Å². The molecular formula is C19H19F3N2O2.